The van der Waals surface area contributed by atoms with Crippen molar-refractivity contribution in [2.45, 2.75) is 26.9 Å². The lowest BCUT2D eigenvalue weighted by atomic mass is 10.1. The van der Waals surface area contributed by atoms with Gasteiger partial charge in [-0.3, -0.25) is 0 Å². The van der Waals surface area contributed by atoms with Crippen molar-refractivity contribution in [1.82, 2.24) is 0 Å². The predicted molar refractivity (Wildman–Crippen MR) is 77.5 cm³/mol. The summed E-state index contributed by atoms with van der Waals surface area (Å²) in [6.07, 6.45) is -0.434. The average Bonchev–Trinajstić information content (AvgIpc) is 2.25. The lowest BCUT2D eigenvalue weighted by molar-refractivity contribution is 0.199. The minimum atomic E-state index is -0.434. The Morgan fingerprint density at radius 2 is 2.18 bits per heavy atom. The van der Waals surface area contributed by atoms with Crippen molar-refractivity contribution in [2.24, 2.45) is 0 Å². The molecule has 1 rings (SSSR count). The van der Waals surface area contributed by atoms with Gasteiger partial charge in [0.2, 0.25) is 0 Å². The van der Waals surface area contributed by atoms with Crippen LogP contribution in [0.2, 0.25) is 0 Å². The first kappa shape index (κ1) is 14.3. The summed E-state index contributed by atoms with van der Waals surface area (Å²) in [6, 6.07) is 5.98. The number of likely N-dealkylation sites (N-methyl/N-ethyl adjacent to an activating group) is 1. The maximum Gasteiger partial charge on any atom is 0.0762 e. The first-order valence-electron chi connectivity index (χ1n) is 5.82. The SMILES string of the molecule is C=C(C)CN(CC)c1ccc([C@H](C)O)cc1Br. The summed E-state index contributed by atoms with van der Waals surface area (Å²) in [5.74, 6) is 0. The molecule has 94 valence electrons. The van der Waals surface area contributed by atoms with Gasteiger partial charge in [0.15, 0.2) is 0 Å². The summed E-state index contributed by atoms with van der Waals surface area (Å²) < 4.78 is 1.01. The van der Waals surface area contributed by atoms with E-state index in [-0.39, 0.29) is 0 Å². The second-order valence-electron chi connectivity index (χ2n) is 4.36. The lowest BCUT2D eigenvalue weighted by Gasteiger charge is -2.25. The molecule has 0 aliphatic carbocycles. The first-order chi connectivity index (χ1) is 7.95. The molecule has 1 aromatic rings. The Kier molecular flexibility index (Phi) is 5.22. The molecule has 0 saturated carbocycles. The van der Waals surface area contributed by atoms with Crippen LogP contribution in [0, 0.1) is 0 Å². The minimum absolute atomic E-state index is 0.434. The van der Waals surface area contributed by atoms with E-state index in [0.717, 1.165) is 34.4 Å². The molecule has 0 saturated heterocycles. The van der Waals surface area contributed by atoms with Crippen molar-refractivity contribution in [3.63, 3.8) is 0 Å². The van der Waals surface area contributed by atoms with Gasteiger partial charge in [0.1, 0.15) is 0 Å². The van der Waals surface area contributed by atoms with Crippen LogP contribution in [0.3, 0.4) is 0 Å². The fourth-order valence-electron chi connectivity index (χ4n) is 1.73. The van der Waals surface area contributed by atoms with Crippen LogP contribution < -0.4 is 4.90 Å². The van der Waals surface area contributed by atoms with Gasteiger partial charge in [-0.25, -0.2) is 0 Å². The van der Waals surface area contributed by atoms with Crippen LogP contribution in [0.25, 0.3) is 0 Å². The number of aliphatic hydroxyl groups is 1. The second kappa shape index (κ2) is 6.22. The molecular formula is C14H20BrNO. The number of halogens is 1. The number of nitrogens with zero attached hydrogens (tertiary/aromatic N) is 1. The second-order valence-corrected chi connectivity index (χ2v) is 5.21. The Labute approximate surface area is 112 Å². The van der Waals surface area contributed by atoms with Crippen molar-refractivity contribution >= 4 is 21.6 Å². The Morgan fingerprint density at radius 1 is 1.53 bits per heavy atom. The number of rotatable bonds is 5. The third-order valence-corrected chi connectivity index (χ3v) is 3.27. The van der Waals surface area contributed by atoms with Crippen LogP contribution in [0.4, 0.5) is 5.69 Å². The number of hydrogen-bond acceptors (Lipinski definition) is 2. The Bertz CT molecular complexity index is 401. The highest BCUT2D eigenvalue weighted by Gasteiger charge is 2.10. The molecule has 0 fully saturated rings. The Hall–Kier alpha value is -0.800. The molecule has 1 N–H and O–H groups in total. The van der Waals surface area contributed by atoms with Crippen molar-refractivity contribution in [3.8, 4) is 0 Å². The molecule has 17 heavy (non-hydrogen) atoms. The summed E-state index contributed by atoms with van der Waals surface area (Å²) in [4.78, 5) is 2.25. The third-order valence-electron chi connectivity index (χ3n) is 2.64. The molecule has 0 aromatic heterocycles. The highest BCUT2D eigenvalue weighted by atomic mass is 79.9. The van der Waals surface area contributed by atoms with Crippen molar-refractivity contribution < 1.29 is 5.11 Å². The third kappa shape index (κ3) is 3.86. The molecule has 0 unspecified atom stereocenters. The Morgan fingerprint density at radius 3 is 2.59 bits per heavy atom. The zero-order chi connectivity index (χ0) is 13.0. The van der Waals surface area contributed by atoms with Gasteiger partial charge in [-0.1, -0.05) is 18.2 Å². The maximum atomic E-state index is 9.53. The van der Waals surface area contributed by atoms with Gasteiger partial charge in [-0.05, 0) is 54.4 Å². The van der Waals surface area contributed by atoms with Crippen molar-refractivity contribution in [2.75, 3.05) is 18.0 Å². The van der Waals surface area contributed by atoms with E-state index in [9.17, 15) is 5.11 Å². The molecule has 0 amide bonds. The van der Waals surface area contributed by atoms with E-state index in [1.165, 1.54) is 0 Å². The van der Waals surface area contributed by atoms with Crippen molar-refractivity contribution in [1.29, 1.82) is 0 Å². The minimum Gasteiger partial charge on any atom is -0.389 e. The van der Waals surface area contributed by atoms with Gasteiger partial charge in [-0.2, -0.15) is 0 Å². The van der Waals surface area contributed by atoms with E-state index in [2.05, 4.69) is 34.3 Å². The summed E-state index contributed by atoms with van der Waals surface area (Å²) in [7, 11) is 0. The highest BCUT2D eigenvalue weighted by Crippen LogP contribution is 2.29. The largest absolute Gasteiger partial charge is 0.389 e. The summed E-state index contributed by atoms with van der Waals surface area (Å²) in [6.45, 7) is 11.6. The molecule has 0 bridgehead atoms. The van der Waals surface area contributed by atoms with Gasteiger partial charge < -0.3 is 10.0 Å². The number of aliphatic hydroxyl groups excluding tert-OH is 1. The predicted octanol–water partition coefficient (Wildman–Crippen LogP) is 3.90. The van der Waals surface area contributed by atoms with E-state index in [1.54, 1.807) is 6.92 Å². The first-order valence-corrected chi connectivity index (χ1v) is 6.61. The number of anilines is 1. The van der Waals surface area contributed by atoms with E-state index in [1.807, 2.05) is 25.1 Å². The number of hydrogen-bond donors (Lipinski definition) is 1. The number of benzene rings is 1. The maximum absolute atomic E-state index is 9.53. The molecule has 2 nitrogen and oxygen atoms in total. The standard InChI is InChI=1S/C14H20BrNO/c1-5-16(9-10(2)3)14-7-6-12(11(4)17)8-13(14)15/h6-8,11,17H,2,5,9H2,1,3-4H3/t11-/m0/s1. The highest BCUT2D eigenvalue weighted by molar-refractivity contribution is 9.10. The van der Waals surface area contributed by atoms with Gasteiger partial charge in [-0.15, -0.1) is 0 Å². The molecule has 0 heterocycles. The van der Waals surface area contributed by atoms with Crippen LogP contribution in [-0.4, -0.2) is 18.2 Å². The summed E-state index contributed by atoms with van der Waals surface area (Å²) >= 11 is 3.56. The zero-order valence-corrected chi connectivity index (χ0v) is 12.3. The molecular weight excluding hydrogens is 278 g/mol. The monoisotopic (exact) mass is 297 g/mol. The van der Waals surface area contributed by atoms with Gasteiger partial charge in [0, 0.05) is 17.6 Å². The van der Waals surface area contributed by atoms with E-state index in [4.69, 9.17) is 0 Å². The van der Waals surface area contributed by atoms with Crippen LogP contribution in [0.5, 0.6) is 0 Å². The fraction of sp³-hybridized carbons (Fsp3) is 0.429. The molecule has 1 atom stereocenters. The van der Waals surface area contributed by atoms with Crippen LogP contribution >= 0.6 is 15.9 Å². The van der Waals surface area contributed by atoms with E-state index in [0.29, 0.717) is 0 Å². The molecule has 0 spiro atoms. The van der Waals surface area contributed by atoms with Crippen LogP contribution in [0.15, 0.2) is 34.8 Å². The lowest BCUT2D eigenvalue weighted by Crippen LogP contribution is -2.24. The molecule has 0 radical (unpaired) electrons. The smallest absolute Gasteiger partial charge is 0.0762 e. The van der Waals surface area contributed by atoms with Gasteiger partial charge in [0.25, 0.3) is 0 Å². The zero-order valence-electron chi connectivity index (χ0n) is 10.7. The normalized spacial score (nSPS) is 12.3. The average molecular weight is 298 g/mol. The Balaban J connectivity index is 3.00. The summed E-state index contributed by atoms with van der Waals surface area (Å²) in [5, 5.41) is 9.53. The summed E-state index contributed by atoms with van der Waals surface area (Å²) in [5.41, 5.74) is 3.20. The fourth-order valence-corrected chi connectivity index (χ4v) is 2.38. The molecule has 0 aliphatic rings. The topological polar surface area (TPSA) is 23.5 Å². The van der Waals surface area contributed by atoms with Crippen LogP contribution in [-0.2, 0) is 0 Å². The molecule has 3 heteroatoms. The van der Waals surface area contributed by atoms with E-state index < -0.39 is 6.10 Å². The van der Waals surface area contributed by atoms with Crippen molar-refractivity contribution in [3.05, 3.63) is 40.4 Å². The van der Waals surface area contributed by atoms with E-state index >= 15 is 0 Å². The molecule has 0 aliphatic heterocycles. The quantitative estimate of drug-likeness (QED) is 0.833. The van der Waals surface area contributed by atoms with Gasteiger partial charge in [0.05, 0.1) is 11.8 Å². The molecule has 1 aromatic carbocycles. The van der Waals surface area contributed by atoms with Crippen LogP contribution in [0.1, 0.15) is 32.4 Å². The van der Waals surface area contributed by atoms with Gasteiger partial charge >= 0.3 is 0 Å².